The Bertz CT molecular complexity index is 885. The van der Waals surface area contributed by atoms with Crippen LogP contribution in [-0.4, -0.2) is 34.1 Å². The Morgan fingerprint density at radius 3 is 2.70 bits per heavy atom. The number of hydrogen-bond acceptors (Lipinski definition) is 2. The van der Waals surface area contributed by atoms with Crippen molar-refractivity contribution in [2.75, 3.05) is 13.6 Å². The SMILES string of the molecule is CN=C(NCCCc1nc2ccccc2[nH]1)NCc1cc(Cl)c(Cl)n1C.I. The number of nitrogens with zero attached hydrogens (tertiary/aromatic N) is 3. The fourth-order valence-electron chi connectivity index (χ4n) is 2.74. The highest BCUT2D eigenvalue weighted by Gasteiger charge is 2.09. The second-order valence-electron chi connectivity index (χ2n) is 5.99. The number of guanidine groups is 1. The number of benzene rings is 1. The molecule has 27 heavy (non-hydrogen) atoms. The zero-order valence-electron chi connectivity index (χ0n) is 15.2. The van der Waals surface area contributed by atoms with E-state index in [4.69, 9.17) is 23.2 Å². The van der Waals surface area contributed by atoms with E-state index < -0.39 is 0 Å². The lowest BCUT2D eigenvalue weighted by Crippen LogP contribution is -2.37. The molecule has 0 aliphatic rings. The minimum Gasteiger partial charge on any atom is -0.356 e. The Morgan fingerprint density at radius 1 is 1.26 bits per heavy atom. The van der Waals surface area contributed by atoms with E-state index >= 15 is 0 Å². The van der Waals surface area contributed by atoms with Gasteiger partial charge in [-0.25, -0.2) is 4.98 Å². The van der Waals surface area contributed by atoms with Crippen molar-refractivity contribution in [3.63, 3.8) is 0 Å². The lowest BCUT2D eigenvalue weighted by atomic mass is 10.3. The largest absolute Gasteiger partial charge is 0.356 e. The summed E-state index contributed by atoms with van der Waals surface area (Å²) in [6.45, 7) is 1.39. The molecule has 0 aliphatic heterocycles. The number of aliphatic imine (C=N–C) groups is 1. The summed E-state index contributed by atoms with van der Waals surface area (Å²) in [5.74, 6) is 1.74. The third-order valence-corrected chi connectivity index (χ3v) is 5.04. The van der Waals surface area contributed by atoms with Crippen LogP contribution >= 0.6 is 47.2 Å². The monoisotopic (exact) mass is 520 g/mol. The Balaban J connectivity index is 0.00000261. The maximum absolute atomic E-state index is 6.09. The Hall–Kier alpha value is -1.45. The van der Waals surface area contributed by atoms with Crippen molar-refractivity contribution in [1.82, 2.24) is 25.2 Å². The summed E-state index contributed by atoms with van der Waals surface area (Å²) in [5.41, 5.74) is 3.07. The van der Waals surface area contributed by atoms with Crippen LogP contribution < -0.4 is 10.6 Å². The van der Waals surface area contributed by atoms with Crippen molar-refractivity contribution < 1.29 is 0 Å². The van der Waals surface area contributed by atoms with Crippen LogP contribution in [0.4, 0.5) is 0 Å². The summed E-state index contributed by atoms with van der Waals surface area (Å²) in [4.78, 5) is 12.2. The molecular weight excluding hydrogens is 498 g/mol. The van der Waals surface area contributed by atoms with Gasteiger partial charge in [-0.2, -0.15) is 0 Å². The predicted octanol–water partition coefficient (Wildman–Crippen LogP) is 4.12. The van der Waals surface area contributed by atoms with Gasteiger partial charge in [0.25, 0.3) is 0 Å². The molecular formula is C18H23Cl2IN6. The van der Waals surface area contributed by atoms with Crippen molar-refractivity contribution in [2.45, 2.75) is 19.4 Å². The highest BCUT2D eigenvalue weighted by Crippen LogP contribution is 2.24. The van der Waals surface area contributed by atoms with E-state index in [1.165, 1.54) is 0 Å². The molecule has 146 valence electrons. The molecule has 0 saturated heterocycles. The molecule has 0 amide bonds. The second kappa shape index (κ2) is 10.2. The van der Waals surface area contributed by atoms with Gasteiger partial charge < -0.3 is 20.2 Å². The van der Waals surface area contributed by atoms with Crippen LogP contribution in [0.3, 0.4) is 0 Å². The Kier molecular flexibility index (Phi) is 8.25. The first-order valence-corrected chi connectivity index (χ1v) is 9.22. The zero-order chi connectivity index (χ0) is 18.5. The normalized spacial score (nSPS) is 11.5. The standard InChI is InChI=1S/C18H22Cl2N6.HI/c1-21-18(23-11-12-10-13(19)17(20)26(12)2)22-9-5-8-16-24-14-6-3-4-7-15(14)25-16;/h3-4,6-7,10H,5,8-9,11H2,1-2H3,(H,24,25)(H2,21,22,23);1H. The van der Waals surface area contributed by atoms with E-state index in [9.17, 15) is 0 Å². The fraction of sp³-hybridized carbons (Fsp3) is 0.333. The molecule has 6 nitrogen and oxygen atoms in total. The number of aromatic nitrogens is 3. The van der Waals surface area contributed by atoms with Gasteiger partial charge >= 0.3 is 0 Å². The molecule has 3 aromatic rings. The molecule has 0 fully saturated rings. The Labute approximate surface area is 185 Å². The third-order valence-electron chi connectivity index (χ3n) is 4.20. The highest BCUT2D eigenvalue weighted by molar-refractivity contribution is 14.0. The number of nitrogens with one attached hydrogen (secondary N) is 3. The summed E-state index contributed by atoms with van der Waals surface area (Å²) in [6, 6.07) is 9.91. The van der Waals surface area contributed by atoms with Crippen molar-refractivity contribution in [2.24, 2.45) is 12.0 Å². The lowest BCUT2D eigenvalue weighted by molar-refractivity contribution is 0.713. The zero-order valence-corrected chi connectivity index (χ0v) is 19.1. The number of halogens is 3. The summed E-state index contributed by atoms with van der Waals surface area (Å²) in [6.07, 6.45) is 1.82. The second-order valence-corrected chi connectivity index (χ2v) is 6.76. The highest BCUT2D eigenvalue weighted by atomic mass is 127. The van der Waals surface area contributed by atoms with Crippen LogP contribution in [-0.2, 0) is 20.0 Å². The van der Waals surface area contributed by atoms with Gasteiger partial charge in [0, 0.05) is 32.8 Å². The first-order valence-electron chi connectivity index (χ1n) is 8.46. The van der Waals surface area contributed by atoms with Gasteiger partial charge in [0.1, 0.15) is 11.0 Å². The van der Waals surface area contributed by atoms with Crippen molar-refractivity contribution in [3.05, 3.63) is 52.0 Å². The average Bonchev–Trinajstić information content (AvgIpc) is 3.17. The quantitative estimate of drug-likeness (QED) is 0.198. The Morgan fingerprint density at radius 2 is 2.04 bits per heavy atom. The van der Waals surface area contributed by atoms with Crippen molar-refractivity contribution in [3.8, 4) is 0 Å². The van der Waals surface area contributed by atoms with Crippen LogP contribution in [0, 0.1) is 0 Å². The van der Waals surface area contributed by atoms with Gasteiger partial charge in [-0.15, -0.1) is 24.0 Å². The summed E-state index contributed by atoms with van der Waals surface area (Å²) < 4.78 is 1.85. The van der Waals surface area contributed by atoms with Crippen LogP contribution in [0.5, 0.6) is 0 Å². The third kappa shape index (κ3) is 5.52. The van der Waals surface area contributed by atoms with Gasteiger partial charge in [0.05, 0.1) is 22.6 Å². The first kappa shape index (κ1) is 21.8. The molecule has 0 radical (unpaired) electrons. The molecule has 0 unspecified atom stereocenters. The number of hydrogen-bond donors (Lipinski definition) is 3. The first-order chi connectivity index (χ1) is 12.6. The molecule has 0 spiro atoms. The van der Waals surface area contributed by atoms with Crippen LogP contribution in [0.25, 0.3) is 11.0 Å². The molecule has 0 bridgehead atoms. The molecule has 2 heterocycles. The van der Waals surface area contributed by atoms with Crippen LogP contribution in [0.1, 0.15) is 17.9 Å². The molecule has 3 rings (SSSR count). The van der Waals surface area contributed by atoms with Crippen LogP contribution in [0.15, 0.2) is 35.3 Å². The maximum atomic E-state index is 6.09. The molecule has 3 N–H and O–H groups in total. The number of fused-ring (bicyclic) bond motifs is 1. The van der Waals surface area contributed by atoms with E-state index in [1.54, 1.807) is 7.05 Å². The summed E-state index contributed by atoms with van der Waals surface area (Å²) in [7, 11) is 3.63. The smallest absolute Gasteiger partial charge is 0.191 e. The maximum Gasteiger partial charge on any atom is 0.191 e. The molecule has 0 atom stereocenters. The number of aromatic amines is 1. The molecule has 0 aliphatic carbocycles. The number of para-hydroxylation sites is 2. The minimum atomic E-state index is 0. The predicted molar refractivity (Wildman–Crippen MR) is 123 cm³/mol. The van der Waals surface area contributed by atoms with Gasteiger partial charge in [0.15, 0.2) is 5.96 Å². The fourth-order valence-corrected chi connectivity index (χ4v) is 3.16. The van der Waals surface area contributed by atoms with E-state index in [2.05, 4.69) is 25.6 Å². The van der Waals surface area contributed by atoms with E-state index in [-0.39, 0.29) is 24.0 Å². The number of imidazole rings is 1. The molecule has 9 heteroatoms. The summed E-state index contributed by atoms with van der Waals surface area (Å²) >= 11 is 12.1. The molecule has 0 saturated carbocycles. The van der Waals surface area contributed by atoms with Crippen molar-refractivity contribution >= 4 is 64.2 Å². The topological polar surface area (TPSA) is 70.0 Å². The van der Waals surface area contributed by atoms with Gasteiger partial charge in [0.2, 0.25) is 0 Å². The number of H-pyrrole nitrogens is 1. The number of aryl methyl sites for hydroxylation is 1. The number of rotatable bonds is 6. The van der Waals surface area contributed by atoms with E-state index in [1.807, 2.05) is 41.9 Å². The lowest BCUT2D eigenvalue weighted by Gasteiger charge is -2.12. The van der Waals surface area contributed by atoms with Crippen molar-refractivity contribution in [1.29, 1.82) is 0 Å². The van der Waals surface area contributed by atoms with Gasteiger partial charge in [-0.1, -0.05) is 35.3 Å². The molecule has 2 aromatic heterocycles. The average molecular weight is 521 g/mol. The van der Waals surface area contributed by atoms with Crippen LogP contribution in [0.2, 0.25) is 10.2 Å². The summed E-state index contributed by atoms with van der Waals surface area (Å²) in [5, 5.41) is 7.67. The van der Waals surface area contributed by atoms with Gasteiger partial charge in [-0.3, -0.25) is 4.99 Å². The van der Waals surface area contributed by atoms with E-state index in [0.717, 1.165) is 47.9 Å². The molecule has 1 aromatic carbocycles. The minimum absolute atomic E-state index is 0. The van der Waals surface area contributed by atoms with E-state index in [0.29, 0.717) is 16.7 Å². The van der Waals surface area contributed by atoms with Gasteiger partial charge in [-0.05, 0) is 24.6 Å².